The Morgan fingerprint density at radius 2 is 1.29 bits per heavy atom. The molecule has 0 radical (unpaired) electrons. The number of hydrogen-bond donors (Lipinski definition) is 1. The average Bonchev–Trinajstić information content (AvgIpc) is 2.46. The van der Waals surface area contributed by atoms with Crippen molar-refractivity contribution in [2.75, 3.05) is 73.1 Å². The highest BCUT2D eigenvalue weighted by Gasteiger charge is 1.94. The van der Waals surface area contributed by atoms with Gasteiger partial charge in [0.25, 0.3) is 0 Å². The van der Waals surface area contributed by atoms with E-state index in [0.29, 0.717) is 52.4 Å². The lowest BCUT2D eigenvalue weighted by Crippen LogP contribution is -2.23. The Hall–Kier alpha value is -0.240. The zero-order valence-corrected chi connectivity index (χ0v) is 13.9. The van der Waals surface area contributed by atoms with Gasteiger partial charge in [-0.1, -0.05) is 0 Å². The number of nitrogens with one attached hydrogen (secondary N) is 1. The van der Waals surface area contributed by atoms with Crippen molar-refractivity contribution in [3.63, 3.8) is 0 Å². The molecule has 128 valence electrons. The van der Waals surface area contributed by atoms with E-state index in [9.17, 15) is 0 Å². The quantitative estimate of drug-likeness (QED) is 0.406. The lowest BCUT2D eigenvalue weighted by atomic mass is 10.4. The van der Waals surface area contributed by atoms with Gasteiger partial charge in [0.15, 0.2) is 0 Å². The fraction of sp³-hybridized carbons (Fsp3) is 1.00. The maximum Gasteiger partial charge on any atom is 0.0701 e. The van der Waals surface area contributed by atoms with Crippen molar-refractivity contribution in [1.82, 2.24) is 5.32 Å². The lowest BCUT2D eigenvalue weighted by molar-refractivity contribution is 0.00405. The maximum atomic E-state index is 5.45. The second kappa shape index (κ2) is 17.8. The first-order chi connectivity index (χ1) is 10.3. The molecule has 0 aromatic carbocycles. The summed E-state index contributed by atoms with van der Waals surface area (Å²) < 4.78 is 26.4. The Morgan fingerprint density at radius 3 is 1.86 bits per heavy atom. The Labute approximate surface area is 129 Å². The van der Waals surface area contributed by atoms with Gasteiger partial charge in [0.05, 0.1) is 52.4 Å². The molecule has 0 aliphatic rings. The van der Waals surface area contributed by atoms with Gasteiger partial charge >= 0.3 is 0 Å². The smallest absolute Gasteiger partial charge is 0.0701 e. The summed E-state index contributed by atoms with van der Waals surface area (Å²) in [5.41, 5.74) is 0. The number of hydrogen-bond acceptors (Lipinski definition) is 6. The molecular formula is C15H33NO5. The van der Waals surface area contributed by atoms with Crippen LogP contribution in [-0.2, 0) is 23.7 Å². The van der Waals surface area contributed by atoms with Crippen molar-refractivity contribution in [3.8, 4) is 0 Å². The van der Waals surface area contributed by atoms with Crippen molar-refractivity contribution in [2.45, 2.75) is 26.4 Å². The maximum absolute atomic E-state index is 5.45. The molecule has 0 unspecified atom stereocenters. The second-order valence-corrected chi connectivity index (χ2v) is 4.85. The third-order valence-corrected chi connectivity index (χ3v) is 2.55. The molecule has 0 bridgehead atoms. The van der Waals surface area contributed by atoms with Crippen LogP contribution >= 0.6 is 0 Å². The molecule has 21 heavy (non-hydrogen) atoms. The summed E-state index contributed by atoms with van der Waals surface area (Å²) >= 11 is 0. The summed E-state index contributed by atoms with van der Waals surface area (Å²) in [5.74, 6) is 0. The molecule has 1 N–H and O–H groups in total. The normalized spacial score (nSPS) is 11.4. The highest BCUT2D eigenvalue weighted by atomic mass is 16.6. The van der Waals surface area contributed by atoms with Crippen LogP contribution in [0.1, 0.15) is 20.3 Å². The van der Waals surface area contributed by atoms with E-state index in [4.69, 9.17) is 23.7 Å². The van der Waals surface area contributed by atoms with Gasteiger partial charge in [0, 0.05) is 20.3 Å². The third kappa shape index (κ3) is 19.8. The van der Waals surface area contributed by atoms with E-state index in [0.717, 1.165) is 26.1 Å². The standard InChI is InChI=1S/C15H33NO5/c1-15(2)21-7-4-5-16-6-8-18-11-12-20-14-13-19-10-9-17-3/h15-16H,4-14H2,1-3H3. The van der Waals surface area contributed by atoms with Crippen molar-refractivity contribution >= 4 is 0 Å². The van der Waals surface area contributed by atoms with Crippen LogP contribution in [0.4, 0.5) is 0 Å². The molecule has 0 aliphatic heterocycles. The molecule has 0 saturated heterocycles. The largest absolute Gasteiger partial charge is 0.382 e. The van der Waals surface area contributed by atoms with Crippen LogP contribution in [0.2, 0.25) is 0 Å². The first-order valence-corrected chi connectivity index (χ1v) is 7.82. The van der Waals surface area contributed by atoms with E-state index in [1.54, 1.807) is 7.11 Å². The summed E-state index contributed by atoms with van der Waals surface area (Å²) in [6, 6.07) is 0. The molecule has 6 nitrogen and oxygen atoms in total. The molecule has 0 heterocycles. The van der Waals surface area contributed by atoms with Crippen LogP contribution < -0.4 is 5.32 Å². The first-order valence-electron chi connectivity index (χ1n) is 7.82. The van der Waals surface area contributed by atoms with Crippen LogP contribution in [-0.4, -0.2) is 79.2 Å². The first kappa shape index (κ1) is 20.8. The van der Waals surface area contributed by atoms with Gasteiger partial charge in [-0.25, -0.2) is 0 Å². The summed E-state index contributed by atoms with van der Waals surface area (Å²) in [7, 11) is 1.66. The van der Waals surface area contributed by atoms with E-state index < -0.39 is 0 Å². The highest BCUT2D eigenvalue weighted by molar-refractivity contribution is 4.47. The van der Waals surface area contributed by atoms with E-state index in [1.807, 2.05) is 0 Å². The third-order valence-electron chi connectivity index (χ3n) is 2.55. The van der Waals surface area contributed by atoms with E-state index in [2.05, 4.69) is 19.2 Å². The zero-order chi connectivity index (χ0) is 15.6. The number of methoxy groups -OCH3 is 1. The summed E-state index contributed by atoms with van der Waals surface area (Å²) in [6.45, 7) is 11.1. The van der Waals surface area contributed by atoms with Gasteiger partial charge in [-0.05, 0) is 26.8 Å². The molecule has 0 amide bonds. The fourth-order valence-corrected chi connectivity index (χ4v) is 1.47. The molecule has 0 aliphatic carbocycles. The molecule has 0 rings (SSSR count). The molecule has 0 saturated carbocycles. The van der Waals surface area contributed by atoms with Gasteiger partial charge in [-0.15, -0.1) is 0 Å². The predicted octanol–water partition coefficient (Wildman–Crippen LogP) is 1.09. The highest BCUT2D eigenvalue weighted by Crippen LogP contribution is 1.89. The molecule has 0 aromatic heterocycles. The van der Waals surface area contributed by atoms with Crippen LogP contribution in [0.15, 0.2) is 0 Å². The Morgan fingerprint density at radius 1 is 0.714 bits per heavy atom. The SMILES string of the molecule is COCCOCCOCCOCCNCCCOC(C)C. The molecule has 6 heteroatoms. The minimum atomic E-state index is 0.318. The summed E-state index contributed by atoms with van der Waals surface area (Å²) in [6.07, 6.45) is 1.35. The van der Waals surface area contributed by atoms with Crippen LogP contribution in [0, 0.1) is 0 Å². The van der Waals surface area contributed by atoms with Gasteiger partial charge in [0.1, 0.15) is 0 Å². The predicted molar refractivity (Wildman–Crippen MR) is 82.9 cm³/mol. The van der Waals surface area contributed by atoms with Crippen molar-refractivity contribution in [1.29, 1.82) is 0 Å². The molecule has 0 fully saturated rings. The molecule has 0 spiro atoms. The zero-order valence-electron chi connectivity index (χ0n) is 13.9. The van der Waals surface area contributed by atoms with Gasteiger partial charge in [-0.2, -0.15) is 0 Å². The van der Waals surface area contributed by atoms with E-state index in [1.165, 1.54) is 0 Å². The van der Waals surface area contributed by atoms with Crippen molar-refractivity contribution in [2.24, 2.45) is 0 Å². The number of ether oxygens (including phenoxy) is 5. The Kier molecular flexibility index (Phi) is 17.6. The van der Waals surface area contributed by atoms with Crippen molar-refractivity contribution in [3.05, 3.63) is 0 Å². The van der Waals surface area contributed by atoms with Crippen molar-refractivity contribution < 1.29 is 23.7 Å². The minimum Gasteiger partial charge on any atom is -0.382 e. The average molecular weight is 307 g/mol. The minimum absolute atomic E-state index is 0.318. The second-order valence-electron chi connectivity index (χ2n) is 4.85. The van der Waals surface area contributed by atoms with Gasteiger partial charge < -0.3 is 29.0 Å². The van der Waals surface area contributed by atoms with Crippen LogP contribution in [0.25, 0.3) is 0 Å². The van der Waals surface area contributed by atoms with E-state index >= 15 is 0 Å². The summed E-state index contributed by atoms with van der Waals surface area (Å²) in [5, 5.41) is 3.31. The molecular weight excluding hydrogens is 274 g/mol. The Bertz CT molecular complexity index is 193. The van der Waals surface area contributed by atoms with Crippen LogP contribution in [0.5, 0.6) is 0 Å². The Balaban J connectivity index is 2.93. The molecule has 0 aromatic rings. The summed E-state index contributed by atoms with van der Waals surface area (Å²) in [4.78, 5) is 0. The van der Waals surface area contributed by atoms with Crippen LogP contribution in [0.3, 0.4) is 0 Å². The number of rotatable bonds is 17. The monoisotopic (exact) mass is 307 g/mol. The topological polar surface area (TPSA) is 58.2 Å². The lowest BCUT2D eigenvalue weighted by Gasteiger charge is -2.09. The van der Waals surface area contributed by atoms with Gasteiger partial charge in [-0.3, -0.25) is 0 Å². The van der Waals surface area contributed by atoms with E-state index in [-0.39, 0.29) is 0 Å². The molecule has 0 atom stereocenters. The fourth-order valence-electron chi connectivity index (χ4n) is 1.47. The van der Waals surface area contributed by atoms with Gasteiger partial charge in [0.2, 0.25) is 0 Å².